The van der Waals surface area contributed by atoms with E-state index in [9.17, 15) is 0 Å². The smallest absolute Gasteiger partial charge is 0.106 e. The fourth-order valence-corrected chi connectivity index (χ4v) is 3.11. The number of halogens is 1. The molecule has 0 amide bonds. The summed E-state index contributed by atoms with van der Waals surface area (Å²) in [6, 6.07) is 6.77. The van der Waals surface area contributed by atoms with E-state index in [1.165, 1.54) is 31.4 Å². The molecule has 0 aromatic heterocycles. The van der Waals surface area contributed by atoms with Gasteiger partial charge >= 0.3 is 0 Å². The number of thiocarbonyl (C=S) groups is 1. The van der Waals surface area contributed by atoms with Gasteiger partial charge in [-0.15, -0.1) is 0 Å². The maximum absolute atomic E-state index is 5.86. The van der Waals surface area contributed by atoms with Gasteiger partial charge in [-0.2, -0.15) is 0 Å². The minimum Gasteiger partial charge on any atom is -0.389 e. The molecular formula is C14H19BrN2S. The van der Waals surface area contributed by atoms with Crippen LogP contribution in [0, 0.1) is 0 Å². The van der Waals surface area contributed by atoms with E-state index < -0.39 is 0 Å². The van der Waals surface area contributed by atoms with Crippen molar-refractivity contribution in [2.45, 2.75) is 38.6 Å². The van der Waals surface area contributed by atoms with Crippen molar-refractivity contribution in [1.82, 2.24) is 0 Å². The second-order valence-electron chi connectivity index (χ2n) is 4.92. The minimum absolute atomic E-state index is 0.475. The van der Waals surface area contributed by atoms with E-state index in [-0.39, 0.29) is 0 Å². The lowest BCUT2D eigenvalue weighted by Crippen LogP contribution is -2.34. The van der Waals surface area contributed by atoms with Gasteiger partial charge in [0.2, 0.25) is 0 Å². The van der Waals surface area contributed by atoms with Crippen LogP contribution in [-0.4, -0.2) is 17.6 Å². The van der Waals surface area contributed by atoms with Crippen LogP contribution >= 0.6 is 28.1 Å². The Bertz CT molecular complexity index is 447. The summed E-state index contributed by atoms with van der Waals surface area (Å²) < 4.78 is 1.02. The first kappa shape index (κ1) is 13.8. The number of anilines is 1. The third kappa shape index (κ3) is 3.04. The van der Waals surface area contributed by atoms with Gasteiger partial charge in [0.1, 0.15) is 4.99 Å². The molecule has 98 valence electrons. The Kier molecular flexibility index (Phi) is 4.62. The summed E-state index contributed by atoms with van der Waals surface area (Å²) in [5.41, 5.74) is 8.02. The van der Waals surface area contributed by atoms with Gasteiger partial charge in [-0.3, -0.25) is 0 Å². The van der Waals surface area contributed by atoms with Gasteiger partial charge in [0.15, 0.2) is 0 Å². The summed E-state index contributed by atoms with van der Waals surface area (Å²) in [7, 11) is 0. The molecule has 1 heterocycles. The van der Waals surface area contributed by atoms with Gasteiger partial charge in [-0.1, -0.05) is 41.0 Å². The lowest BCUT2D eigenvalue weighted by molar-refractivity contribution is 0.616. The third-order valence-electron chi connectivity index (χ3n) is 3.59. The molecule has 0 spiro atoms. The Morgan fingerprint density at radius 2 is 2.17 bits per heavy atom. The van der Waals surface area contributed by atoms with E-state index in [1.54, 1.807) is 0 Å². The molecule has 1 aromatic rings. The zero-order chi connectivity index (χ0) is 13.1. The van der Waals surface area contributed by atoms with E-state index in [0.29, 0.717) is 11.0 Å². The van der Waals surface area contributed by atoms with Crippen LogP contribution in [0.2, 0.25) is 0 Å². The highest BCUT2D eigenvalue weighted by atomic mass is 79.9. The van der Waals surface area contributed by atoms with Crippen molar-refractivity contribution in [1.29, 1.82) is 0 Å². The molecule has 1 aliphatic rings. The molecule has 0 saturated carbocycles. The number of hydrogen-bond donors (Lipinski definition) is 1. The van der Waals surface area contributed by atoms with E-state index in [4.69, 9.17) is 18.0 Å². The predicted molar refractivity (Wildman–Crippen MR) is 85.3 cm³/mol. The Hall–Kier alpha value is -0.610. The maximum atomic E-state index is 5.86. The average molecular weight is 327 g/mol. The molecule has 2 rings (SSSR count). The number of nitrogens with two attached hydrogens (primary N) is 1. The number of hydrogen-bond acceptors (Lipinski definition) is 2. The van der Waals surface area contributed by atoms with Gasteiger partial charge in [0.25, 0.3) is 0 Å². The van der Waals surface area contributed by atoms with Crippen molar-refractivity contribution < 1.29 is 0 Å². The average Bonchev–Trinajstić information content (AvgIpc) is 2.54. The normalized spacial score (nSPS) is 20.6. The molecule has 1 unspecified atom stereocenters. The third-order valence-corrected chi connectivity index (χ3v) is 4.30. The second kappa shape index (κ2) is 6.02. The summed E-state index contributed by atoms with van der Waals surface area (Å²) in [4.78, 5) is 2.93. The second-order valence-corrected chi connectivity index (χ2v) is 6.27. The van der Waals surface area contributed by atoms with Gasteiger partial charge in [0.05, 0.1) is 0 Å². The van der Waals surface area contributed by atoms with Crippen molar-refractivity contribution in [3.05, 3.63) is 28.2 Å². The van der Waals surface area contributed by atoms with Crippen molar-refractivity contribution in [2.24, 2.45) is 5.73 Å². The van der Waals surface area contributed by atoms with Crippen molar-refractivity contribution in [3.8, 4) is 0 Å². The largest absolute Gasteiger partial charge is 0.389 e. The van der Waals surface area contributed by atoms with Gasteiger partial charge < -0.3 is 10.6 Å². The number of rotatable bonds is 2. The zero-order valence-corrected chi connectivity index (χ0v) is 13.1. The first-order valence-corrected chi connectivity index (χ1v) is 7.65. The highest BCUT2D eigenvalue weighted by Crippen LogP contribution is 2.29. The number of nitrogens with zero attached hydrogens (tertiary/aromatic N) is 1. The Morgan fingerprint density at radius 1 is 1.39 bits per heavy atom. The Balaban J connectivity index is 2.39. The van der Waals surface area contributed by atoms with Crippen LogP contribution in [0.15, 0.2) is 22.7 Å². The first-order chi connectivity index (χ1) is 8.59. The van der Waals surface area contributed by atoms with Crippen molar-refractivity contribution in [3.63, 3.8) is 0 Å². The zero-order valence-electron chi connectivity index (χ0n) is 10.7. The van der Waals surface area contributed by atoms with Gasteiger partial charge in [0, 0.05) is 28.3 Å². The van der Waals surface area contributed by atoms with Crippen molar-refractivity contribution >= 4 is 38.8 Å². The Morgan fingerprint density at radius 3 is 2.89 bits per heavy atom. The summed E-state index contributed by atoms with van der Waals surface area (Å²) in [6.07, 6.45) is 5.13. The molecule has 1 saturated heterocycles. The molecular weight excluding hydrogens is 308 g/mol. The lowest BCUT2D eigenvalue weighted by Gasteiger charge is -2.31. The molecule has 1 aliphatic heterocycles. The summed E-state index contributed by atoms with van der Waals surface area (Å²) in [5, 5.41) is 0. The van der Waals surface area contributed by atoms with Crippen LogP contribution in [0.25, 0.3) is 0 Å². The molecule has 2 N–H and O–H groups in total. The van der Waals surface area contributed by atoms with Crippen LogP contribution in [0.1, 0.15) is 38.2 Å². The van der Waals surface area contributed by atoms with E-state index in [1.807, 2.05) is 6.07 Å². The monoisotopic (exact) mass is 326 g/mol. The standard InChI is InChI=1S/C14H19BrN2S/c1-10-5-3-2-4-8-17(10)13-7-6-11(15)9-12(13)14(16)18/h6-7,9-10H,2-5,8H2,1H3,(H2,16,18). The highest BCUT2D eigenvalue weighted by Gasteiger charge is 2.20. The molecule has 18 heavy (non-hydrogen) atoms. The fraction of sp³-hybridized carbons (Fsp3) is 0.500. The topological polar surface area (TPSA) is 29.3 Å². The van der Waals surface area contributed by atoms with Gasteiger partial charge in [-0.05, 0) is 38.0 Å². The van der Waals surface area contributed by atoms with E-state index in [2.05, 4.69) is 39.9 Å². The molecule has 2 nitrogen and oxygen atoms in total. The summed E-state index contributed by atoms with van der Waals surface area (Å²) in [5.74, 6) is 0. The van der Waals surface area contributed by atoms with Crippen LogP contribution in [0.3, 0.4) is 0 Å². The Labute approximate surface area is 123 Å². The molecule has 0 bridgehead atoms. The molecule has 1 fully saturated rings. The lowest BCUT2D eigenvalue weighted by atomic mass is 10.1. The quantitative estimate of drug-likeness (QED) is 0.837. The minimum atomic E-state index is 0.475. The van der Waals surface area contributed by atoms with E-state index >= 15 is 0 Å². The maximum Gasteiger partial charge on any atom is 0.106 e. The first-order valence-electron chi connectivity index (χ1n) is 6.45. The fourth-order valence-electron chi connectivity index (χ4n) is 2.59. The SMILES string of the molecule is CC1CCCCCN1c1ccc(Br)cc1C(N)=S. The molecule has 0 radical (unpaired) electrons. The van der Waals surface area contributed by atoms with Crippen LogP contribution < -0.4 is 10.6 Å². The highest BCUT2D eigenvalue weighted by molar-refractivity contribution is 9.10. The predicted octanol–water partition coefficient (Wildman–Crippen LogP) is 3.85. The molecule has 1 atom stereocenters. The summed E-state index contributed by atoms with van der Waals surface area (Å²) >= 11 is 8.67. The van der Waals surface area contributed by atoms with Gasteiger partial charge in [-0.25, -0.2) is 0 Å². The van der Waals surface area contributed by atoms with E-state index in [0.717, 1.165) is 16.6 Å². The van der Waals surface area contributed by atoms with Crippen LogP contribution in [0.5, 0.6) is 0 Å². The van der Waals surface area contributed by atoms with Crippen molar-refractivity contribution in [2.75, 3.05) is 11.4 Å². The summed E-state index contributed by atoms with van der Waals surface area (Å²) in [6.45, 7) is 3.38. The van der Waals surface area contributed by atoms with Crippen LogP contribution in [-0.2, 0) is 0 Å². The van der Waals surface area contributed by atoms with Crippen LogP contribution in [0.4, 0.5) is 5.69 Å². The molecule has 4 heteroatoms. The molecule has 0 aliphatic carbocycles. The number of benzene rings is 1. The molecule has 1 aromatic carbocycles.